The van der Waals surface area contributed by atoms with Gasteiger partial charge in [-0.1, -0.05) is 26.2 Å². The van der Waals surface area contributed by atoms with Crippen LogP contribution in [0.3, 0.4) is 0 Å². The summed E-state index contributed by atoms with van der Waals surface area (Å²) in [6.45, 7) is 8.34. The summed E-state index contributed by atoms with van der Waals surface area (Å²) >= 11 is 0. The van der Waals surface area contributed by atoms with Gasteiger partial charge in [0, 0.05) is 18.8 Å². The summed E-state index contributed by atoms with van der Waals surface area (Å²) in [7, 11) is 0. The molecule has 1 aliphatic carbocycles. The van der Waals surface area contributed by atoms with Crippen molar-refractivity contribution in [2.24, 2.45) is 5.92 Å². The number of likely N-dealkylation sites (tertiary alicyclic amines) is 1. The fraction of sp³-hybridized carbons (Fsp3) is 1.00. The Labute approximate surface area is 95.4 Å². The third kappa shape index (κ3) is 2.96. The molecule has 2 aliphatic rings. The molecule has 0 aromatic rings. The Morgan fingerprint density at radius 2 is 1.67 bits per heavy atom. The molecule has 0 N–H and O–H groups in total. The van der Waals surface area contributed by atoms with E-state index in [9.17, 15) is 0 Å². The summed E-state index contributed by atoms with van der Waals surface area (Å²) in [6.07, 6.45) is 11.9. The van der Waals surface area contributed by atoms with E-state index >= 15 is 0 Å². The van der Waals surface area contributed by atoms with Crippen LogP contribution in [0.25, 0.3) is 0 Å². The van der Waals surface area contributed by atoms with Gasteiger partial charge < -0.3 is 4.48 Å². The van der Waals surface area contributed by atoms with Crippen LogP contribution < -0.4 is 0 Å². The van der Waals surface area contributed by atoms with Gasteiger partial charge in [0.1, 0.15) is 0 Å². The second-order valence-electron chi connectivity index (χ2n) is 5.91. The zero-order valence-corrected chi connectivity index (χ0v) is 10.5. The van der Waals surface area contributed by atoms with Crippen LogP contribution in [-0.4, -0.2) is 30.7 Å². The van der Waals surface area contributed by atoms with Crippen LogP contribution >= 0.6 is 0 Å². The van der Waals surface area contributed by atoms with E-state index < -0.39 is 0 Å². The number of quaternary nitrogens is 1. The Morgan fingerprint density at radius 3 is 2.27 bits per heavy atom. The first kappa shape index (κ1) is 11.4. The number of rotatable bonds is 5. The van der Waals surface area contributed by atoms with Gasteiger partial charge in [0.15, 0.2) is 0 Å². The van der Waals surface area contributed by atoms with Crippen molar-refractivity contribution in [2.45, 2.75) is 58.3 Å². The summed E-state index contributed by atoms with van der Waals surface area (Å²) in [5, 5.41) is 0. The molecule has 0 radical (unpaired) electrons. The first-order valence-corrected chi connectivity index (χ1v) is 7.20. The van der Waals surface area contributed by atoms with Crippen LogP contribution in [0.15, 0.2) is 0 Å². The summed E-state index contributed by atoms with van der Waals surface area (Å²) in [5.41, 5.74) is 0. The maximum absolute atomic E-state index is 2.34. The molecular weight excluding hydrogens is 182 g/mol. The lowest BCUT2D eigenvalue weighted by atomic mass is 10.1. The van der Waals surface area contributed by atoms with E-state index in [1.165, 1.54) is 82.0 Å². The molecule has 88 valence electrons. The molecule has 0 atom stereocenters. The molecule has 1 nitrogen and oxygen atoms in total. The van der Waals surface area contributed by atoms with E-state index in [1.54, 1.807) is 0 Å². The van der Waals surface area contributed by atoms with Crippen LogP contribution in [0.5, 0.6) is 0 Å². The fourth-order valence-electron chi connectivity index (χ4n) is 3.74. The van der Waals surface area contributed by atoms with Crippen molar-refractivity contribution in [3.05, 3.63) is 0 Å². The van der Waals surface area contributed by atoms with Gasteiger partial charge in [-0.05, 0) is 19.3 Å². The summed E-state index contributed by atoms with van der Waals surface area (Å²) in [6, 6.07) is 0. The highest BCUT2D eigenvalue weighted by atomic mass is 15.4. The molecule has 15 heavy (non-hydrogen) atoms. The van der Waals surface area contributed by atoms with Crippen molar-refractivity contribution < 1.29 is 4.48 Å². The smallest absolute Gasteiger partial charge is 0.0815 e. The average molecular weight is 210 g/mol. The zero-order valence-electron chi connectivity index (χ0n) is 10.5. The van der Waals surface area contributed by atoms with Gasteiger partial charge in [0.25, 0.3) is 0 Å². The van der Waals surface area contributed by atoms with Crippen LogP contribution in [0.1, 0.15) is 58.3 Å². The molecule has 0 unspecified atom stereocenters. The molecule has 0 spiro atoms. The predicted molar refractivity (Wildman–Crippen MR) is 65.8 cm³/mol. The minimum Gasteiger partial charge on any atom is -0.323 e. The van der Waals surface area contributed by atoms with Crippen LogP contribution in [0.2, 0.25) is 0 Å². The fourth-order valence-corrected chi connectivity index (χ4v) is 3.74. The van der Waals surface area contributed by atoms with Crippen LogP contribution in [-0.2, 0) is 0 Å². The molecule has 0 amide bonds. The van der Waals surface area contributed by atoms with Crippen molar-refractivity contribution in [1.82, 2.24) is 0 Å². The molecule has 1 heteroatoms. The number of nitrogens with zero attached hydrogens (tertiary/aromatic N) is 1. The van der Waals surface area contributed by atoms with E-state index in [0.29, 0.717) is 0 Å². The highest BCUT2D eigenvalue weighted by Gasteiger charge is 2.34. The average Bonchev–Trinajstić information content (AvgIpc) is 2.88. The normalized spacial score (nSPS) is 26.2. The van der Waals surface area contributed by atoms with Gasteiger partial charge in [0.2, 0.25) is 0 Å². The minimum atomic E-state index is 1.08. The molecule has 2 fully saturated rings. The Balaban J connectivity index is 1.86. The Morgan fingerprint density at radius 1 is 1.00 bits per heavy atom. The monoisotopic (exact) mass is 210 g/mol. The second-order valence-corrected chi connectivity index (χ2v) is 5.91. The SMILES string of the molecule is CCCC[N+]1(CC2CCCC2)CCCC1. The number of unbranched alkanes of at least 4 members (excludes halogenated alkanes) is 1. The van der Waals surface area contributed by atoms with Crippen molar-refractivity contribution >= 4 is 0 Å². The van der Waals surface area contributed by atoms with Crippen LogP contribution in [0.4, 0.5) is 0 Å². The minimum absolute atomic E-state index is 1.08. The van der Waals surface area contributed by atoms with Crippen molar-refractivity contribution in [1.29, 1.82) is 0 Å². The molecule has 0 aromatic heterocycles. The molecule has 2 rings (SSSR count). The van der Waals surface area contributed by atoms with Crippen LogP contribution in [0, 0.1) is 5.92 Å². The first-order valence-electron chi connectivity index (χ1n) is 7.20. The van der Waals surface area contributed by atoms with E-state index in [-0.39, 0.29) is 0 Å². The van der Waals surface area contributed by atoms with Gasteiger partial charge in [-0.25, -0.2) is 0 Å². The zero-order chi connectivity index (χ0) is 10.6. The number of hydrogen-bond acceptors (Lipinski definition) is 0. The Hall–Kier alpha value is -0.0400. The predicted octanol–water partition coefficient (Wildman–Crippen LogP) is 3.59. The summed E-state index contributed by atoms with van der Waals surface area (Å²) < 4.78 is 1.50. The lowest BCUT2D eigenvalue weighted by molar-refractivity contribution is -0.920. The lowest BCUT2D eigenvalue weighted by Gasteiger charge is -2.36. The standard InChI is InChI=1S/C14H28N/c1-2-3-10-15(11-6-7-12-15)13-14-8-4-5-9-14/h14H,2-13H2,1H3/q+1. The van der Waals surface area contributed by atoms with Gasteiger partial charge in [-0.3, -0.25) is 0 Å². The Kier molecular flexibility index (Phi) is 4.07. The molecule has 0 aromatic carbocycles. The van der Waals surface area contributed by atoms with Gasteiger partial charge in [-0.2, -0.15) is 0 Å². The van der Waals surface area contributed by atoms with E-state index in [0.717, 1.165) is 5.92 Å². The molecular formula is C14H28N+. The maximum atomic E-state index is 2.34. The quantitative estimate of drug-likeness (QED) is 0.608. The first-order chi connectivity index (χ1) is 7.35. The largest absolute Gasteiger partial charge is 0.323 e. The molecule has 1 aliphatic heterocycles. The highest BCUT2D eigenvalue weighted by molar-refractivity contribution is 4.69. The van der Waals surface area contributed by atoms with Crippen molar-refractivity contribution in [3.8, 4) is 0 Å². The van der Waals surface area contributed by atoms with E-state index in [4.69, 9.17) is 0 Å². The van der Waals surface area contributed by atoms with E-state index in [1.807, 2.05) is 0 Å². The molecule has 1 heterocycles. The maximum Gasteiger partial charge on any atom is 0.0815 e. The second kappa shape index (κ2) is 5.34. The van der Waals surface area contributed by atoms with Crippen molar-refractivity contribution in [2.75, 3.05) is 26.2 Å². The summed E-state index contributed by atoms with van der Waals surface area (Å²) in [4.78, 5) is 0. The van der Waals surface area contributed by atoms with Gasteiger partial charge in [0.05, 0.1) is 26.2 Å². The molecule has 1 saturated heterocycles. The topological polar surface area (TPSA) is 0 Å². The Bertz CT molecular complexity index is 176. The highest BCUT2D eigenvalue weighted by Crippen LogP contribution is 2.31. The van der Waals surface area contributed by atoms with E-state index in [2.05, 4.69) is 6.92 Å². The lowest BCUT2D eigenvalue weighted by Crippen LogP contribution is -2.48. The summed E-state index contributed by atoms with van der Waals surface area (Å²) in [5.74, 6) is 1.08. The van der Waals surface area contributed by atoms with Gasteiger partial charge in [-0.15, -0.1) is 0 Å². The number of hydrogen-bond donors (Lipinski definition) is 0. The molecule has 0 bridgehead atoms. The molecule has 1 saturated carbocycles. The van der Waals surface area contributed by atoms with Gasteiger partial charge >= 0.3 is 0 Å². The van der Waals surface area contributed by atoms with Crippen molar-refractivity contribution in [3.63, 3.8) is 0 Å². The third-order valence-corrected chi connectivity index (χ3v) is 4.62. The third-order valence-electron chi connectivity index (χ3n) is 4.62.